The predicted molar refractivity (Wildman–Crippen MR) is 110 cm³/mol. The van der Waals surface area contributed by atoms with E-state index in [1.165, 1.54) is 0 Å². The zero-order chi connectivity index (χ0) is 19.9. The van der Waals surface area contributed by atoms with Gasteiger partial charge in [0.15, 0.2) is 5.76 Å². The van der Waals surface area contributed by atoms with Gasteiger partial charge in [0.25, 0.3) is 0 Å². The number of carbonyl (C=O) groups is 1. The number of nitrogens with zero attached hydrogens (tertiary/aromatic N) is 1. The van der Waals surface area contributed by atoms with Crippen molar-refractivity contribution >= 4 is 11.9 Å². The molecule has 0 N–H and O–H groups in total. The average molecular weight is 381 g/mol. The quantitative estimate of drug-likeness (QED) is 0.475. The predicted octanol–water partition coefficient (Wildman–Crippen LogP) is 4.42. The first-order valence-electron chi connectivity index (χ1n) is 9.72. The maximum Gasteiger partial charge on any atom is 0.231 e. The lowest BCUT2D eigenvalue weighted by Gasteiger charge is -2.17. The van der Waals surface area contributed by atoms with Gasteiger partial charge in [-0.25, -0.2) is 0 Å². The van der Waals surface area contributed by atoms with Gasteiger partial charge in [-0.15, -0.1) is 0 Å². The summed E-state index contributed by atoms with van der Waals surface area (Å²) < 4.78 is 16.9. The number of hydrogen-bond acceptors (Lipinski definition) is 5. The van der Waals surface area contributed by atoms with Crippen LogP contribution in [0.2, 0.25) is 0 Å². The smallest absolute Gasteiger partial charge is 0.231 e. The van der Waals surface area contributed by atoms with E-state index in [2.05, 4.69) is 18.7 Å². The molecule has 0 atom stereocenters. The fraction of sp³-hybridized carbons (Fsp3) is 0.348. The van der Waals surface area contributed by atoms with Gasteiger partial charge in [0.2, 0.25) is 5.78 Å². The first-order chi connectivity index (χ1) is 13.6. The van der Waals surface area contributed by atoms with E-state index < -0.39 is 0 Å². The van der Waals surface area contributed by atoms with Gasteiger partial charge in [0.1, 0.15) is 17.2 Å². The Kier molecular flexibility index (Phi) is 6.71. The Balaban J connectivity index is 1.64. The molecule has 0 saturated carbocycles. The van der Waals surface area contributed by atoms with E-state index in [1.807, 2.05) is 30.3 Å². The van der Waals surface area contributed by atoms with Crippen molar-refractivity contribution in [3.63, 3.8) is 0 Å². The van der Waals surface area contributed by atoms with Crippen LogP contribution in [0.5, 0.6) is 17.2 Å². The number of benzene rings is 2. The average Bonchev–Trinajstić information content (AvgIpc) is 3.03. The molecule has 2 aromatic rings. The lowest BCUT2D eigenvalue weighted by atomic mass is 10.1. The molecule has 1 heterocycles. The van der Waals surface area contributed by atoms with E-state index in [-0.39, 0.29) is 5.78 Å². The molecule has 28 heavy (non-hydrogen) atoms. The molecule has 0 spiro atoms. The molecule has 2 aromatic carbocycles. The Morgan fingerprint density at radius 3 is 2.64 bits per heavy atom. The molecule has 1 aliphatic heterocycles. The minimum absolute atomic E-state index is 0.120. The van der Waals surface area contributed by atoms with Crippen LogP contribution >= 0.6 is 0 Å². The Hall–Kier alpha value is -2.79. The van der Waals surface area contributed by atoms with E-state index >= 15 is 0 Å². The molecule has 148 valence electrons. The molecule has 1 aliphatic rings. The molecule has 0 radical (unpaired) electrons. The van der Waals surface area contributed by atoms with Gasteiger partial charge in [0.05, 0.1) is 19.3 Å². The summed E-state index contributed by atoms with van der Waals surface area (Å²) in [5, 5.41) is 0. The third-order valence-corrected chi connectivity index (χ3v) is 4.81. The van der Waals surface area contributed by atoms with Gasteiger partial charge in [-0.3, -0.25) is 4.79 Å². The molecule has 5 heteroatoms. The lowest BCUT2D eigenvalue weighted by Crippen LogP contribution is -2.25. The molecule has 0 unspecified atom stereocenters. The van der Waals surface area contributed by atoms with Crippen LogP contribution in [0.25, 0.3) is 6.08 Å². The summed E-state index contributed by atoms with van der Waals surface area (Å²) >= 11 is 0. The number of hydrogen-bond donors (Lipinski definition) is 0. The largest absolute Gasteiger partial charge is 0.497 e. The second kappa shape index (κ2) is 9.42. The second-order valence-electron chi connectivity index (χ2n) is 6.60. The number of fused-ring (bicyclic) bond motifs is 1. The van der Waals surface area contributed by atoms with Crippen LogP contribution in [-0.4, -0.2) is 44.0 Å². The first kappa shape index (κ1) is 20.0. The highest BCUT2D eigenvalue weighted by atomic mass is 16.5. The summed E-state index contributed by atoms with van der Waals surface area (Å²) in [6, 6.07) is 12.9. The molecular weight excluding hydrogens is 354 g/mol. The highest BCUT2D eigenvalue weighted by Crippen LogP contribution is 2.35. The van der Waals surface area contributed by atoms with Gasteiger partial charge in [0, 0.05) is 12.6 Å². The molecule has 0 aromatic heterocycles. The highest BCUT2D eigenvalue weighted by molar-refractivity contribution is 6.14. The fourth-order valence-corrected chi connectivity index (χ4v) is 3.16. The third kappa shape index (κ3) is 4.73. The summed E-state index contributed by atoms with van der Waals surface area (Å²) in [6.07, 6.45) is 2.69. The minimum atomic E-state index is -0.120. The highest BCUT2D eigenvalue weighted by Gasteiger charge is 2.27. The zero-order valence-corrected chi connectivity index (χ0v) is 16.7. The number of ketones is 1. The van der Waals surface area contributed by atoms with Crippen molar-refractivity contribution in [1.29, 1.82) is 0 Å². The van der Waals surface area contributed by atoms with Crippen LogP contribution in [0, 0.1) is 0 Å². The first-order valence-corrected chi connectivity index (χ1v) is 9.72. The van der Waals surface area contributed by atoms with Crippen LogP contribution in [0.3, 0.4) is 0 Å². The van der Waals surface area contributed by atoms with E-state index in [1.54, 1.807) is 25.3 Å². The number of methoxy groups -OCH3 is 1. The van der Waals surface area contributed by atoms with Gasteiger partial charge in [-0.2, -0.15) is 0 Å². The molecule has 0 fully saturated rings. The lowest BCUT2D eigenvalue weighted by molar-refractivity contribution is 0.101. The van der Waals surface area contributed by atoms with Crippen LogP contribution in [0.4, 0.5) is 0 Å². The van der Waals surface area contributed by atoms with Crippen LogP contribution in [0.1, 0.15) is 36.2 Å². The topological polar surface area (TPSA) is 48.0 Å². The summed E-state index contributed by atoms with van der Waals surface area (Å²) in [5.74, 6) is 2.18. The van der Waals surface area contributed by atoms with Crippen molar-refractivity contribution < 1.29 is 19.0 Å². The SMILES string of the molecule is CCN(CC)CCCOc1ccc2c(c1)O/C(=C\c1cccc(OC)c1)C2=O. The van der Waals surface area contributed by atoms with Gasteiger partial charge in [-0.1, -0.05) is 26.0 Å². The molecule has 0 bridgehead atoms. The van der Waals surface area contributed by atoms with Crippen LogP contribution in [-0.2, 0) is 0 Å². The Labute approximate surface area is 166 Å². The number of rotatable bonds is 9. The third-order valence-electron chi connectivity index (χ3n) is 4.81. The van der Waals surface area contributed by atoms with Crippen molar-refractivity contribution in [2.24, 2.45) is 0 Å². The molecule has 0 saturated heterocycles. The number of Topliss-reactive ketones (excluding diaryl/α,β-unsaturated/α-hetero) is 1. The Morgan fingerprint density at radius 2 is 1.89 bits per heavy atom. The van der Waals surface area contributed by atoms with E-state index in [0.29, 0.717) is 29.4 Å². The van der Waals surface area contributed by atoms with Gasteiger partial charge >= 0.3 is 0 Å². The fourth-order valence-electron chi connectivity index (χ4n) is 3.16. The summed E-state index contributed by atoms with van der Waals surface area (Å²) in [5.41, 5.74) is 1.41. The molecule has 3 rings (SSSR count). The normalized spacial score (nSPS) is 14.3. The minimum Gasteiger partial charge on any atom is -0.497 e. The second-order valence-corrected chi connectivity index (χ2v) is 6.60. The van der Waals surface area contributed by atoms with Crippen molar-refractivity contribution in [2.45, 2.75) is 20.3 Å². The summed E-state index contributed by atoms with van der Waals surface area (Å²) in [6.45, 7) is 8.07. The molecular formula is C23H27NO4. The number of allylic oxidation sites excluding steroid dienone is 1. The molecule has 5 nitrogen and oxygen atoms in total. The maximum atomic E-state index is 12.6. The van der Waals surface area contributed by atoms with E-state index in [4.69, 9.17) is 14.2 Å². The van der Waals surface area contributed by atoms with Crippen LogP contribution < -0.4 is 14.2 Å². The zero-order valence-electron chi connectivity index (χ0n) is 16.7. The van der Waals surface area contributed by atoms with Crippen molar-refractivity contribution in [3.8, 4) is 17.2 Å². The van der Waals surface area contributed by atoms with Gasteiger partial charge in [-0.05, 0) is 55.4 Å². The van der Waals surface area contributed by atoms with Gasteiger partial charge < -0.3 is 19.1 Å². The van der Waals surface area contributed by atoms with Crippen molar-refractivity contribution in [3.05, 3.63) is 59.4 Å². The maximum absolute atomic E-state index is 12.6. The standard InChI is InChI=1S/C23H27NO4/c1-4-24(5-2)12-7-13-27-19-10-11-20-21(16-19)28-22(23(20)25)15-17-8-6-9-18(14-17)26-3/h6,8-11,14-16H,4-5,7,12-13H2,1-3H3/b22-15-. The van der Waals surface area contributed by atoms with Crippen molar-refractivity contribution in [2.75, 3.05) is 33.4 Å². The summed E-state index contributed by atoms with van der Waals surface area (Å²) in [4.78, 5) is 15.0. The van der Waals surface area contributed by atoms with E-state index in [9.17, 15) is 4.79 Å². The summed E-state index contributed by atoms with van der Waals surface area (Å²) in [7, 11) is 1.61. The van der Waals surface area contributed by atoms with Crippen LogP contribution in [0.15, 0.2) is 48.2 Å². The Bertz CT molecular complexity index is 855. The monoisotopic (exact) mass is 381 g/mol. The molecule has 0 aliphatic carbocycles. The van der Waals surface area contributed by atoms with E-state index in [0.717, 1.165) is 37.4 Å². The number of ether oxygens (including phenoxy) is 3. The van der Waals surface area contributed by atoms with Crippen molar-refractivity contribution in [1.82, 2.24) is 4.90 Å². The number of carbonyl (C=O) groups excluding carboxylic acids is 1. The Morgan fingerprint density at radius 1 is 1.07 bits per heavy atom. The molecule has 0 amide bonds.